The molecule has 0 heterocycles. The van der Waals surface area contributed by atoms with Crippen molar-refractivity contribution in [2.75, 3.05) is 18.1 Å². The molecule has 1 aromatic rings. The molecular weight excluding hydrogens is 372 g/mol. The van der Waals surface area contributed by atoms with E-state index in [0.29, 0.717) is 24.5 Å². The third-order valence-corrected chi connectivity index (χ3v) is 5.16. The lowest BCUT2D eigenvalue weighted by Gasteiger charge is -2.15. The van der Waals surface area contributed by atoms with E-state index >= 15 is 0 Å². The second kappa shape index (κ2) is 11.4. The van der Waals surface area contributed by atoms with Crippen LogP contribution in [0, 0.1) is 0 Å². The molecule has 152 valence electrons. The zero-order valence-electron chi connectivity index (χ0n) is 16.0. The molecule has 8 nitrogen and oxygen atoms in total. The van der Waals surface area contributed by atoms with Gasteiger partial charge in [-0.1, -0.05) is 19.8 Å². The van der Waals surface area contributed by atoms with Gasteiger partial charge in [0, 0.05) is 0 Å². The minimum atomic E-state index is -3.49. The maximum absolute atomic E-state index is 12.0. The van der Waals surface area contributed by atoms with Gasteiger partial charge < -0.3 is 9.47 Å². The lowest BCUT2D eigenvalue weighted by molar-refractivity contribution is -0.132. The summed E-state index contributed by atoms with van der Waals surface area (Å²) in [5.74, 6) is -0.932. The number of benzene rings is 1. The molecule has 2 N–H and O–H groups in total. The number of nitrogens with one attached hydrogen (secondary N) is 2. The highest BCUT2D eigenvalue weighted by Gasteiger charge is 2.19. The minimum Gasteiger partial charge on any atom is -0.494 e. The largest absolute Gasteiger partial charge is 0.494 e. The van der Waals surface area contributed by atoms with Crippen molar-refractivity contribution < 1.29 is 27.5 Å². The number of hydrazine groups is 1. The molecule has 1 unspecified atom stereocenters. The lowest BCUT2D eigenvalue weighted by Crippen LogP contribution is -2.48. The first-order chi connectivity index (χ1) is 12.8. The Morgan fingerprint density at radius 3 is 2.26 bits per heavy atom. The van der Waals surface area contributed by atoms with Crippen molar-refractivity contribution in [3.8, 4) is 11.5 Å². The van der Waals surface area contributed by atoms with Gasteiger partial charge in [-0.25, -0.2) is 8.42 Å². The summed E-state index contributed by atoms with van der Waals surface area (Å²) in [6.07, 6.45) is 1.32. The second-order valence-electron chi connectivity index (χ2n) is 6.00. The average molecular weight is 400 g/mol. The number of carbonyl (C=O) groups excluding carboxylic acids is 2. The van der Waals surface area contributed by atoms with E-state index in [9.17, 15) is 18.0 Å². The number of sulfone groups is 1. The molecule has 2 amide bonds. The fourth-order valence-electron chi connectivity index (χ4n) is 2.15. The summed E-state index contributed by atoms with van der Waals surface area (Å²) in [6, 6.07) is 6.76. The minimum absolute atomic E-state index is 0.0422. The van der Waals surface area contributed by atoms with Crippen molar-refractivity contribution in [3.05, 3.63) is 24.3 Å². The molecule has 0 aliphatic carbocycles. The maximum atomic E-state index is 12.0. The smallest absolute Gasteiger partial charge is 0.279 e. The van der Waals surface area contributed by atoms with E-state index in [1.807, 2.05) is 13.8 Å². The summed E-state index contributed by atoms with van der Waals surface area (Å²) < 4.78 is 34.4. The molecule has 0 aromatic heterocycles. The first-order valence-electron chi connectivity index (χ1n) is 8.96. The molecule has 27 heavy (non-hydrogen) atoms. The van der Waals surface area contributed by atoms with Gasteiger partial charge in [-0.3, -0.25) is 20.4 Å². The summed E-state index contributed by atoms with van der Waals surface area (Å²) >= 11 is 0. The molecular formula is C18H28N2O6S. The SMILES string of the molecule is CCCCCS(=O)(=O)CC(=O)NNC(=O)C(C)Oc1ccc(OCC)cc1. The van der Waals surface area contributed by atoms with Gasteiger partial charge in [0.25, 0.3) is 11.8 Å². The van der Waals surface area contributed by atoms with Gasteiger partial charge in [0.15, 0.2) is 15.9 Å². The van der Waals surface area contributed by atoms with Crippen molar-refractivity contribution in [1.82, 2.24) is 10.9 Å². The van der Waals surface area contributed by atoms with E-state index in [4.69, 9.17) is 9.47 Å². The van der Waals surface area contributed by atoms with Gasteiger partial charge in [-0.2, -0.15) is 0 Å². The zero-order valence-corrected chi connectivity index (χ0v) is 16.8. The van der Waals surface area contributed by atoms with Crippen LogP contribution in [0.15, 0.2) is 24.3 Å². The Labute approximate surface area is 160 Å². The number of hydrogen-bond acceptors (Lipinski definition) is 6. The van der Waals surface area contributed by atoms with Gasteiger partial charge in [-0.05, 0) is 44.5 Å². The highest BCUT2D eigenvalue weighted by molar-refractivity contribution is 7.92. The Balaban J connectivity index is 2.40. The van der Waals surface area contributed by atoms with Gasteiger partial charge in [0.05, 0.1) is 12.4 Å². The summed E-state index contributed by atoms with van der Waals surface area (Å²) in [5.41, 5.74) is 4.28. The van der Waals surface area contributed by atoms with Crippen molar-refractivity contribution in [1.29, 1.82) is 0 Å². The molecule has 0 bridgehead atoms. The number of rotatable bonds is 11. The predicted octanol–water partition coefficient (Wildman–Crippen LogP) is 1.60. The molecule has 0 radical (unpaired) electrons. The topological polar surface area (TPSA) is 111 Å². The highest BCUT2D eigenvalue weighted by atomic mass is 32.2. The molecule has 0 spiro atoms. The monoisotopic (exact) mass is 400 g/mol. The molecule has 0 saturated heterocycles. The molecule has 0 aliphatic rings. The predicted molar refractivity (Wildman–Crippen MR) is 102 cm³/mol. The molecule has 0 saturated carbocycles. The van der Waals surface area contributed by atoms with E-state index in [1.54, 1.807) is 24.3 Å². The molecule has 1 rings (SSSR count). The first-order valence-corrected chi connectivity index (χ1v) is 10.8. The van der Waals surface area contributed by atoms with Crippen LogP contribution in [-0.2, 0) is 19.4 Å². The Bertz CT molecular complexity index is 703. The quantitative estimate of drug-likeness (QED) is 0.431. The third-order valence-electron chi connectivity index (χ3n) is 3.55. The fourth-order valence-corrected chi connectivity index (χ4v) is 3.41. The fraction of sp³-hybridized carbons (Fsp3) is 0.556. The number of hydrogen-bond donors (Lipinski definition) is 2. The van der Waals surface area contributed by atoms with Crippen LogP contribution in [0.25, 0.3) is 0 Å². The van der Waals surface area contributed by atoms with Crippen LogP contribution in [0.5, 0.6) is 11.5 Å². The molecule has 1 aromatic carbocycles. The van der Waals surface area contributed by atoms with Crippen LogP contribution in [0.4, 0.5) is 0 Å². The Morgan fingerprint density at radius 2 is 1.67 bits per heavy atom. The number of amides is 2. The van der Waals surface area contributed by atoms with Crippen LogP contribution >= 0.6 is 0 Å². The van der Waals surface area contributed by atoms with Gasteiger partial charge >= 0.3 is 0 Å². The summed E-state index contributed by atoms with van der Waals surface area (Å²) in [5, 5.41) is 0. The first kappa shape index (κ1) is 22.8. The van der Waals surface area contributed by atoms with Crippen LogP contribution in [0.1, 0.15) is 40.0 Å². The van der Waals surface area contributed by atoms with Crippen LogP contribution in [0.2, 0.25) is 0 Å². The molecule has 1 atom stereocenters. The van der Waals surface area contributed by atoms with E-state index in [2.05, 4.69) is 10.9 Å². The maximum Gasteiger partial charge on any atom is 0.279 e. The number of carbonyl (C=O) groups is 2. The zero-order chi connectivity index (χ0) is 20.3. The normalized spacial score (nSPS) is 12.1. The van der Waals surface area contributed by atoms with E-state index in [1.165, 1.54) is 6.92 Å². The van der Waals surface area contributed by atoms with Crippen molar-refractivity contribution in [2.45, 2.75) is 46.1 Å². The van der Waals surface area contributed by atoms with Crippen LogP contribution in [-0.4, -0.2) is 44.4 Å². The van der Waals surface area contributed by atoms with Crippen LogP contribution in [0.3, 0.4) is 0 Å². The summed E-state index contributed by atoms with van der Waals surface area (Å²) in [7, 11) is -3.49. The number of unbranched alkanes of at least 4 members (excludes halogenated alkanes) is 2. The van der Waals surface area contributed by atoms with E-state index in [-0.39, 0.29) is 5.75 Å². The summed E-state index contributed by atoms with van der Waals surface area (Å²) in [4.78, 5) is 23.7. The van der Waals surface area contributed by atoms with E-state index < -0.39 is 33.5 Å². The second-order valence-corrected chi connectivity index (χ2v) is 8.19. The summed E-state index contributed by atoms with van der Waals surface area (Å²) in [6.45, 7) is 5.90. The third kappa shape index (κ3) is 9.28. The molecule has 0 fully saturated rings. The van der Waals surface area contributed by atoms with Crippen LogP contribution < -0.4 is 20.3 Å². The van der Waals surface area contributed by atoms with Gasteiger partial charge in [-0.15, -0.1) is 0 Å². The van der Waals surface area contributed by atoms with Crippen molar-refractivity contribution >= 4 is 21.7 Å². The van der Waals surface area contributed by atoms with Crippen molar-refractivity contribution in [3.63, 3.8) is 0 Å². The molecule has 0 aliphatic heterocycles. The van der Waals surface area contributed by atoms with Gasteiger partial charge in [0.2, 0.25) is 0 Å². The highest BCUT2D eigenvalue weighted by Crippen LogP contribution is 2.18. The molecule has 9 heteroatoms. The standard InChI is InChI=1S/C18H28N2O6S/c1-4-6-7-12-27(23,24)13-17(21)19-20-18(22)14(3)26-16-10-8-15(9-11-16)25-5-2/h8-11,14H,4-7,12-13H2,1-3H3,(H,19,21)(H,20,22). The Hall–Kier alpha value is -2.29. The van der Waals surface area contributed by atoms with Crippen molar-refractivity contribution in [2.24, 2.45) is 0 Å². The van der Waals surface area contributed by atoms with Gasteiger partial charge in [0.1, 0.15) is 17.3 Å². The average Bonchev–Trinajstić information content (AvgIpc) is 2.61. The Morgan fingerprint density at radius 1 is 1.04 bits per heavy atom. The Kier molecular flexibility index (Phi) is 9.63. The number of ether oxygens (including phenoxy) is 2. The lowest BCUT2D eigenvalue weighted by atomic mass is 10.3. The van der Waals surface area contributed by atoms with E-state index in [0.717, 1.165) is 12.8 Å².